The predicted octanol–water partition coefficient (Wildman–Crippen LogP) is 4.61. The highest BCUT2D eigenvalue weighted by molar-refractivity contribution is 6.31. The maximum atomic E-state index is 12.2. The summed E-state index contributed by atoms with van der Waals surface area (Å²) in [7, 11) is 1.65. The molecule has 0 radical (unpaired) electrons. The quantitative estimate of drug-likeness (QED) is 0.668. The Morgan fingerprint density at radius 2 is 1.96 bits per heavy atom. The van der Waals surface area contributed by atoms with Crippen LogP contribution in [0.2, 0.25) is 5.02 Å². The average molecular weight is 368 g/mol. The molecule has 1 aromatic heterocycles. The summed E-state index contributed by atoms with van der Waals surface area (Å²) in [6, 6.07) is 18.2. The van der Waals surface area contributed by atoms with Crippen molar-refractivity contribution in [2.24, 2.45) is 0 Å². The van der Waals surface area contributed by atoms with Crippen molar-refractivity contribution in [1.29, 1.82) is 0 Å². The van der Waals surface area contributed by atoms with Gasteiger partial charge in [0.05, 0.1) is 19.0 Å². The highest BCUT2D eigenvalue weighted by Gasteiger charge is 2.07. The largest absolute Gasteiger partial charge is 0.496 e. The predicted molar refractivity (Wildman–Crippen MR) is 104 cm³/mol. The van der Waals surface area contributed by atoms with Crippen LogP contribution < -0.4 is 15.4 Å². The van der Waals surface area contributed by atoms with Crippen LogP contribution in [0.15, 0.2) is 66.9 Å². The number of para-hydroxylation sites is 1. The molecular formula is C20H18ClN3O2. The number of methoxy groups -OCH3 is 1. The molecule has 6 heteroatoms. The first-order chi connectivity index (χ1) is 12.7. The Morgan fingerprint density at radius 1 is 1.12 bits per heavy atom. The second-order valence-corrected chi connectivity index (χ2v) is 6.00. The van der Waals surface area contributed by atoms with E-state index < -0.39 is 0 Å². The van der Waals surface area contributed by atoms with E-state index >= 15 is 0 Å². The third-order valence-electron chi connectivity index (χ3n) is 3.76. The number of hydrogen-bond acceptors (Lipinski definition) is 4. The molecule has 1 heterocycles. The highest BCUT2D eigenvalue weighted by Crippen LogP contribution is 2.19. The van der Waals surface area contributed by atoms with Gasteiger partial charge >= 0.3 is 0 Å². The van der Waals surface area contributed by atoms with E-state index in [0.29, 0.717) is 28.6 Å². The lowest BCUT2D eigenvalue weighted by Gasteiger charge is -2.10. The smallest absolute Gasteiger partial charge is 0.255 e. The first kappa shape index (κ1) is 17.8. The number of pyridine rings is 1. The first-order valence-electron chi connectivity index (χ1n) is 8.04. The third-order valence-corrected chi connectivity index (χ3v) is 4.00. The number of benzene rings is 2. The van der Waals surface area contributed by atoms with Crippen molar-refractivity contribution < 1.29 is 9.53 Å². The summed E-state index contributed by atoms with van der Waals surface area (Å²) in [6.07, 6.45) is 1.60. The molecule has 0 saturated carbocycles. The molecule has 132 valence electrons. The number of halogens is 1. The Bertz CT molecular complexity index is 898. The van der Waals surface area contributed by atoms with E-state index in [1.165, 1.54) is 0 Å². The highest BCUT2D eigenvalue weighted by atomic mass is 35.5. The van der Waals surface area contributed by atoms with Crippen LogP contribution in [0.1, 0.15) is 15.9 Å². The minimum atomic E-state index is -0.232. The molecular weight excluding hydrogens is 350 g/mol. The number of nitrogens with zero attached hydrogens (tertiary/aromatic N) is 1. The van der Waals surface area contributed by atoms with Crippen LogP contribution in [0.3, 0.4) is 0 Å². The molecule has 0 fully saturated rings. The van der Waals surface area contributed by atoms with Crippen molar-refractivity contribution in [2.45, 2.75) is 6.54 Å². The van der Waals surface area contributed by atoms with E-state index in [-0.39, 0.29) is 5.91 Å². The normalized spacial score (nSPS) is 10.2. The molecule has 2 aromatic carbocycles. The lowest BCUT2D eigenvalue weighted by atomic mass is 10.2. The van der Waals surface area contributed by atoms with Gasteiger partial charge in [0, 0.05) is 22.7 Å². The summed E-state index contributed by atoms with van der Waals surface area (Å²) in [5, 5.41) is 6.55. The number of hydrogen-bond donors (Lipinski definition) is 2. The summed E-state index contributed by atoms with van der Waals surface area (Å²) in [5.74, 6) is 1.30. The number of nitrogens with one attached hydrogen (secondary N) is 2. The van der Waals surface area contributed by atoms with Crippen molar-refractivity contribution in [3.05, 3.63) is 83.0 Å². The minimum Gasteiger partial charge on any atom is -0.496 e. The van der Waals surface area contributed by atoms with E-state index in [9.17, 15) is 4.79 Å². The fourth-order valence-electron chi connectivity index (χ4n) is 2.44. The van der Waals surface area contributed by atoms with Crippen LogP contribution in [-0.2, 0) is 6.54 Å². The van der Waals surface area contributed by atoms with Crippen LogP contribution in [-0.4, -0.2) is 18.0 Å². The molecule has 0 aliphatic heterocycles. The fourth-order valence-corrected chi connectivity index (χ4v) is 2.63. The van der Waals surface area contributed by atoms with Crippen LogP contribution in [0.25, 0.3) is 0 Å². The van der Waals surface area contributed by atoms with Gasteiger partial charge < -0.3 is 15.4 Å². The Kier molecular flexibility index (Phi) is 5.71. The zero-order valence-electron chi connectivity index (χ0n) is 14.2. The molecule has 3 rings (SSSR count). The molecule has 0 aliphatic carbocycles. The zero-order valence-corrected chi connectivity index (χ0v) is 15.0. The summed E-state index contributed by atoms with van der Waals surface area (Å²) in [4.78, 5) is 16.5. The summed E-state index contributed by atoms with van der Waals surface area (Å²) in [6.45, 7) is 0.589. The molecule has 0 unspecified atom stereocenters. The maximum absolute atomic E-state index is 12.2. The van der Waals surface area contributed by atoms with E-state index in [2.05, 4.69) is 15.6 Å². The standard InChI is InChI=1S/C20H18ClN3O2/c1-26-18-8-3-2-5-15(18)12-22-19-10-9-17(13-23-19)24-20(25)14-6-4-7-16(21)11-14/h2-11,13H,12H2,1H3,(H,22,23)(H,24,25). The summed E-state index contributed by atoms with van der Waals surface area (Å²) in [5.41, 5.74) is 2.14. The van der Waals surface area contributed by atoms with Crippen molar-refractivity contribution >= 4 is 29.0 Å². The van der Waals surface area contributed by atoms with Gasteiger partial charge in [-0.2, -0.15) is 0 Å². The second kappa shape index (κ2) is 8.36. The minimum absolute atomic E-state index is 0.232. The van der Waals surface area contributed by atoms with Crippen molar-refractivity contribution in [2.75, 3.05) is 17.7 Å². The maximum Gasteiger partial charge on any atom is 0.255 e. The van der Waals surface area contributed by atoms with Crippen LogP contribution in [0.5, 0.6) is 5.75 Å². The number of amides is 1. The molecule has 1 amide bonds. The van der Waals surface area contributed by atoms with Gasteiger partial charge in [0.25, 0.3) is 5.91 Å². The summed E-state index contributed by atoms with van der Waals surface area (Å²) >= 11 is 5.91. The topological polar surface area (TPSA) is 63.2 Å². The van der Waals surface area contributed by atoms with Crippen molar-refractivity contribution in [3.8, 4) is 5.75 Å². The van der Waals surface area contributed by atoms with Crippen molar-refractivity contribution in [1.82, 2.24) is 4.98 Å². The van der Waals surface area contributed by atoms with Gasteiger partial charge in [0.2, 0.25) is 0 Å². The van der Waals surface area contributed by atoms with Crippen molar-refractivity contribution in [3.63, 3.8) is 0 Å². The Morgan fingerprint density at radius 3 is 2.69 bits per heavy atom. The van der Waals surface area contributed by atoms with E-state index in [1.807, 2.05) is 30.3 Å². The number of rotatable bonds is 6. The third kappa shape index (κ3) is 4.52. The monoisotopic (exact) mass is 367 g/mol. The molecule has 0 saturated heterocycles. The number of ether oxygens (including phenoxy) is 1. The Labute approximate surface area is 157 Å². The van der Waals surface area contributed by atoms with Gasteiger partial charge in [-0.25, -0.2) is 4.98 Å². The molecule has 0 aliphatic rings. The van der Waals surface area contributed by atoms with E-state index in [0.717, 1.165) is 11.3 Å². The lowest BCUT2D eigenvalue weighted by Crippen LogP contribution is -2.12. The average Bonchev–Trinajstić information content (AvgIpc) is 2.67. The second-order valence-electron chi connectivity index (χ2n) is 5.56. The van der Waals surface area contributed by atoms with Gasteiger partial charge in [-0.3, -0.25) is 4.79 Å². The molecule has 3 aromatic rings. The SMILES string of the molecule is COc1ccccc1CNc1ccc(NC(=O)c2cccc(Cl)c2)cn1. The Hall–Kier alpha value is -3.05. The molecule has 0 atom stereocenters. The fraction of sp³-hybridized carbons (Fsp3) is 0.100. The number of aromatic nitrogens is 1. The van der Waals surface area contributed by atoms with Crippen LogP contribution in [0, 0.1) is 0 Å². The number of carbonyl (C=O) groups excluding carboxylic acids is 1. The van der Waals surface area contributed by atoms with Gasteiger partial charge in [-0.1, -0.05) is 35.9 Å². The van der Waals surface area contributed by atoms with Gasteiger partial charge in [-0.15, -0.1) is 0 Å². The van der Waals surface area contributed by atoms with Crippen LogP contribution in [0.4, 0.5) is 11.5 Å². The molecule has 0 bridgehead atoms. The Balaban J connectivity index is 1.60. The summed E-state index contributed by atoms with van der Waals surface area (Å²) < 4.78 is 5.33. The molecule has 26 heavy (non-hydrogen) atoms. The first-order valence-corrected chi connectivity index (χ1v) is 8.42. The van der Waals surface area contributed by atoms with Crippen LogP contribution >= 0.6 is 11.6 Å². The van der Waals surface area contributed by atoms with Gasteiger partial charge in [0.15, 0.2) is 0 Å². The van der Waals surface area contributed by atoms with E-state index in [1.54, 1.807) is 43.6 Å². The molecule has 5 nitrogen and oxygen atoms in total. The number of carbonyl (C=O) groups is 1. The van der Waals surface area contributed by atoms with Gasteiger partial charge in [0.1, 0.15) is 11.6 Å². The lowest BCUT2D eigenvalue weighted by molar-refractivity contribution is 0.102. The number of anilines is 2. The zero-order chi connectivity index (χ0) is 18.4. The molecule has 0 spiro atoms. The van der Waals surface area contributed by atoms with Gasteiger partial charge in [-0.05, 0) is 36.4 Å². The van der Waals surface area contributed by atoms with E-state index in [4.69, 9.17) is 16.3 Å². The molecule has 2 N–H and O–H groups in total.